The molecule has 0 amide bonds. The molecule has 0 saturated carbocycles. The molecule has 1 fully saturated rings. The fraction of sp³-hybridized carbons (Fsp3) is 0.500. The Bertz CT molecular complexity index is 413. The lowest BCUT2D eigenvalue weighted by Gasteiger charge is -2.30. The predicted molar refractivity (Wildman–Crippen MR) is 64.9 cm³/mol. The topological polar surface area (TPSA) is 38.3 Å². The molecule has 3 unspecified atom stereocenters. The van der Waals surface area contributed by atoms with Crippen LogP contribution in [-0.4, -0.2) is 35.8 Å². The summed E-state index contributed by atoms with van der Waals surface area (Å²) in [4.78, 5) is 0.528. The van der Waals surface area contributed by atoms with Gasteiger partial charge in [-0.1, -0.05) is 6.07 Å². The number of ether oxygens (including phenoxy) is 1. The van der Waals surface area contributed by atoms with E-state index >= 15 is 0 Å². The third-order valence-electron chi connectivity index (χ3n) is 2.98. The first-order valence-electron chi connectivity index (χ1n) is 5.63. The summed E-state index contributed by atoms with van der Waals surface area (Å²) in [6, 6.07) is 6.12. The lowest BCUT2D eigenvalue weighted by atomic mass is 10.1. The second-order valence-electron chi connectivity index (χ2n) is 4.05. The van der Waals surface area contributed by atoms with Gasteiger partial charge in [-0.2, -0.15) is 0 Å². The van der Waals surface area contributed by atoms with Gasteiger partial charge in [-0.05, 0) is 31.7 Å². The van der Waals surface area contributed by atoms with Gasteiger partial charge in [0.05, 0.1) is 22.7 Å². The first-order chi connectivity index (χ1) is 8.22. The van der Waals surface area contributed by atoms with Gasteiger partial charge < -0.3 is 10.1 Å². The average Bonchev–Trinajstić information content (AvgIpc) is 2.38. The van der Waals surface area contributed by atoms with Gasteiger partial charge >= 0.3 is 0 Å². The van der Waals surface area contributed by atoms with Crippen LogP contribution in [0.25, 0.3) is 0 Å². The molecular formula is C12H16FNO2S. The second-order valence-corrected chi connectivity index (χ2v) is 5.72. The van der Waals surface area contributed by atoms with Crippen molar-refractivity contribution < 1.29 is 13.3 Å². The van der Waals surface area contributed by atoms with Gasteiger partial charge in [0.25, 0.3) is 0 Å². The molecule has 0 radical (unpaired) electrons. The van der Waals surface area contributed by atoms with Gasteiger partial charge in [0, 0.05) is 17.5 Å². The summed E-state index contributed by atoms with van der Waals surface area (Å²) in [6.45, 7) is 1.14. The molecule has 3 nitrogen and oxygen atoms in total. The molecule has 17 heavy (non-hydrogen) atoms. The van der Waals surface area contributed by atoms with Crippen LogP contribution >= 0.6 is 0 Å². The van der Waals surface area contributed by atoms with Crippen LogP contribution < -0.4 is 5.32 Å². The maximum Gasteiger partial charge on any atom is 0.124 e. The SMILES string of the molecule is CNC1CCOCC1S(=O)c1cccc(F)c1. The second kappa shape index (κ2) is 5.71. The average molecular weight is 257 g/mol. The minimum atomic E-state index is -1.24. The highest BCUT2D eigenvalue weighted by atomic mass is 32.2. The van der Waals surface area contributed by atoms with E-state index in [2.05, 4.69) is 5.32 Å². The fourth-order valence-corrected chi connectivity index (χ4v) is 3.60. The molecule has 0 aliphatic carbocycles. The van der Waals surface area contributed by atoms with Crippen LogP contribution in [0.4, 0.5) is 4.39 Å². The summed E-state index contributed by atoms with van der Waals surface area (Å²) in [5.74, 6) is -0.353. The van der Waals surface area contributed by atoms with Crippen LogP contribution in [0, 0.1) is 5.82 Å². The Labute approximate surface area is 103 Å². The Hall–Kier alpha value is -0.780. The van der Waals surface area contributed by atoms with Crippen LogP contribution in [0.2, 0.25) is 0 Å². The third-order valence-corrected chi connectivity index (χ3v) is 4.71. The molecule has 0 aromatic heterocycles. The maximum absolute atomic E-state index is 13.1. The van der Waals surface area contributed by atoms with E-state index in [0.29, 0.717) is 18.1 Å². The van der Waals surface area contributed by atoms with Crippen molar-refractivity contribution in [1.82, 2.24) is 5.32 Å². The van der Waals surface area contributed by atoms with E-state index in [1.165, 1.54) is 12.1 Å². The number of halogens is 1. The molecule has 0 spiro atoms. The molecule has 2 rings (SSSR count). The Morgan fingerprint density at radius 3 is 3.06 bits per heavy atom. The quantitative estimate of drug-likeness (QED) is 0.887. The van der Waals surface area contributed by atoms with Crippen LogP contribution in [0.15, 0.2) is 29.2 Å². The lowest BCUT2D eigenvalue weighted by Crippen LogP contribution is -2.47. The van der Waals surface area contributed by atoms with Crippen LogP contribution in [0.1, 0.15) is 6.42 Å². The molecule has 1 heterocycles. The Balaban J connectivity index is 2.18. The van der Waals surface area contributed by atoms with Crippen molar-refractivity contribution >= 4 is 10.8 Å². The molecule has 1 aliphatic heterocycles. The van der Waals surface area contributed by atoms with E-state index in [9.17, 15) is 8.60 Å². The monoisotopic (exact) mass is 257 g/mol. The van der Waals surface area contributed by atoms with E-state index in [4.69, 9.17) is 4.74 Å². The number of rotatable bonds is 3. The first kappa shape index (κ1) is 12.7. The van der Waals surface area contributed by atoms with Crippen molar-refractivity contribution in [2.75, 3.05) is 20.3 Å². The van der Waals surface area contributed by atoms with E-state index in [1.54, 1.807) is 12.1 Å². The van der Waals surface area contributed by atoms with E-state index in [-0.39, 0.29) is 17.1 Å². The standard InChI is InChI=1S/C12H16FNO2S/c1-14-11-5-6-16-8-12(11)17(15)10-4-2-3-9(13)7-10/h2-4,7,11-12,14H,5-6,8H2,1H3. The number of hydrogen-bond donors (Lipinski definition) is 1. The van der Waals surface area contributed by atoms with Crippen LogP contribution in [0.3, 0.4) is 0 Å². The smallest absolute Gasteiger partial charge is 0.124 e. The van der Waals surface area contributed by atoms with Gasteiger partial charge in [0.2, 0.25) is 0 Å². The number of benzene rings is 1. The molecule has 1 aromatic rings. The highest BCUT2D eigenvalue weighted by Gasteiger charge is 2.30. The molecular weight excluding hydrogens is 241 g/mol. The zero-order valence-electron chi connectivity index (χ0n) is 9.69. The van der Waals surface area contributed by atoms with Crippen molar-refractivity contribution in [2.45, 2.75) is 22.6 Å². The summed E-state index contributed by atoms with van der Waals surface area (Å²) in [5, 5.41) is 3.04. The molecule has 94 valence electrons. The fourth-order valence-electron chi connectivity index (χ4n) is 2.02. The van der Waals surface area contributed by atoms with Crippen molar-refractivity contribution in [2.24, 2.45) is 0 Å². The van der Waals surface area contributed by atoms with E-state index < -0.39 is 10.8 Å². The number of hydrogen-bond acceptors (Lipinski definition) is 3. The van der Waals surface area contributed by atoms with Gasteiger partial charge in [-0.25, -0.2) is 4.39 Å². The molecule has 3 atom stereocenters. The Morgan fingerprint density at radius 2 is 2.35 bits per heavy atom. The van der Waals surface area contributed by atoms with Crippen LogP contribution in [-0.2, 0) is 15.5 Å². The predicted octanol–water partition coefficient (Wildman–Crippen LogP) is 1.31. The van der Waals surface area contributed by atoms with Crippen molar-refractivity contribution in [3.8, 4) is 0 Å². The minimum absolute atomic E-state index is 0.115. The summed E-state index contributed by atoms with van der Waals surface area (Å²) in [5.41, 5.74) is 0. The van der Waals surface area contributed by atoms with Crippen molar-refractivity contribution in [3.05, 3.63) is 30.1 Å². The van der Waals surface area contributed by atoms with Crippen LogP contribution in [0.5, 0.6) is 0 Å². The molecule has 1 aromatic carbocycles. The van der Waals surface area contributed by atoms with Gasteiger partial charge in [-0.3, -0.25) is 4.21 Å². The first-order valence-corrected chi connectivity index (χ1v) is 6.85. The lowest BCUT2D eigenvalue weighted by molar-refractivity contribution is 0.0838. The molecule has 1 aliphatic rings. The summed E-state index contributed by atoms with van der Waals surface area (Å²) in [7, 11) is 0.615. The molecule has 0 bridgehead atoms. The summed E-state index contributed by atoms with van der Waals surface area (Å²) >= 11 is 0. The number of nitrogens with one attached hydrogen (secondary N) is 1. The molecule has 5 heteroatoms. The summed E-state index contributed by atoms with van der Waals surface area (Å²) < 4.78 is 30.8. The van der Waals surface area contributed by atoms with E-state index in [0.717, 1.165) is 6.42 Å². The Kier molecular flexibility index (Phi) is 4.25. The highest BCUT2D eigenvalue weighted by Crippen LogP contribution is 2.20. The third kappa shape index (κ3) is 2.91. The van der Waals surface area contributed by atoms with E-state index in [1.807, 2.05) is 7.05 Å². The van der Waals surface area contributed by atoms with Gasteiger partial charge in [0.1, 0.15) is 5.82 Å². The zero-order valence-corrected chi connectivity index (χ0v) is 10.5. The maximum atomic E-state index is 13.1. The Morgan fingerprint density at radius 1 is 1.53 bits per heavy atom. The van der Waals surface area contributed by atoms with Crippen molar-refractivity contribution in [1.29, 1.82) is 0 Å². The molecule has 1 saturated heterocycles. The summed E-state index contributed by atoms with van der Waals surface area (Å²) in [6.07, 6.45) is 0.836. The normalized spacial score (nSPS) is 26.7. The highest BCUT2D eigenvalue weighted by molar-refractivity contribution is 7.85. The zero-order chi connectivity index (χ0) is 12.3. The van der Waals surface area contributed by atoms with Gasteiger partial charge in [-0.15, -0.1) is 0 Å². The molecule has 1 N–H and O–H groups in total. The minimum Gasteiger partial charge on any atom is -0.380 e. The van der Waals surface area contributed by atoms with Crippen molar-refractivity contribution in [3.63, 3.8) is 0 Å². The largest absolute Gasteiger partial charge is 0.380 e. The van der Waals surface area contributed by atoms with Gasteiger partial charge in [0.15, 0.2) is 0 Å².